The van der Waals surface area contributed by atoms with E-state index in [9.17, 15) is 0 Å². The molecule has 0 bridgehead atoms. The third-order valence-corrected chi connectivity index (χ3v) is 4.62. The van der Waals surface area contributed by atoms with Crippen LogP contribution in [-0.2, 0) is 13.0 Å². The third-order valence-electron chi connectivity index (χ3n) is 4.62. The van der Waals surface area contributed by atoms with Gasteiger partial charge in [0.1, 0.15) is 0 Å². The van der Waals surface area contributed by atoms with Gasteiger partial charge in [0.25, 0.3) is 0 Å². The Kier molecular flexibility index (Phi) is 4.31. The Labute approximate surface area is 146 Å². The lowest BCUT2D eigenvalue weighted by molar-refractivity contribution is 0.308. The zero-order chi connectivity index (χ0) is 17.2. The van der Waals surface area contributed by atoms with Crippen molar-refractivity contribution in [2.24, 2.45) is 5.92 Å². The molecule has 2 aromatic heterocycles. The summed E-state index contributed by atoms with van der Waals surface area (Å²) >= 11 is 0. The highest BCUT2D eigenvalue weighted by Gasteiger charge is 2.34. The van der Waals surface area contributed by atoms with Crippen LogP contribution < -0.4 is 0 Å². The van der Waals surface area contributed by atoms with E-state index in [1.54, 1.807) is 6.92 Å². The Bertz CT molecular complexity index is 829. The van der Waals surface area contributed by atoms with Gasteiger partial charge in [-0.05, 0) is 11.5 Å². The van der Waals surface area contributed by atoms with Gasteiger partial charge in [-0.25, -0.2) is 0 Å². The number of nitrogens with zero attached hydrogens (tertiary/aromatic N) is 5. The van der Waals surface area contributed by atoms with Gasteiger partial charge in [-0.3, -0.25) is 4.90 Å². The van der Waals surface area contributed by atoms with Crippen LogP contribution in [0.2, 0.25) is 0 Å². The van der Waals surface area contributed by atoms with E-state index in [2.05, 4.69) is 56.4 Å². The average Bonchev–Trinajstić information content (AvgIpc) is 3.30. The van der Waals surface area contributed by atoms with Gasteiger partial charge in [0, 0.05) is 26.6 Å². The van der Waals surface area contributed by atoms with Crippen molar-refractivity contribution in [2.45, 2.75) is 32.7 Å². The van der Waals surface area contributed by atoms with Crippen molar-refractivity contribution < 1.29 is 9.05 Å². The minimum absolute atomic E-state index is 0.261. The first-order valence-electron chi connectivity index (χ1n) is 8.55. The van der Waals surface area contributed by atoms with Crippen LogP contribution in [0.25, 0.3) is 0 Å². The molecule has 1 fully saturated rings. The summed E-state index contributed by atoms with van der Waals surface area (Å²) in [4.78, 5) is 11.2. The quantitative estimate of drug-likeness (QED) is 0.706. The van der Waals surface area contributed by atoms with Crippen molar-refractivity contribution >= 4 is 0 Å². The van der Waals surface area contributed by atoms with Crippen molar-refractivity contribution in [3.05, 3.63) is 59.3 Å². The molecule has 7 heteroatoms. The van der Waals surface area contributed by atoms with Crippen LogP contribution >= 0.6 is 0 Å². The molecule has 0 saturated carbocycles. The SMILES string of the molecule is Cc1nc(Cc2noc([C@@H]3CN(Cc4ccccc4)C[C@H]3C)n2)no1. The van der Waals surface area contributed by atoms with Crippen molar-refractivity contribution in [3.63, 3.8) is 0 Å². The normalized spacial score (nSPS) is 21.0. The van der Waals surface area contributed by atoms with Crippen LogP contribution in [0.15, 0.2) is 39.4 Å². The smallest absolute Gasteiger partial charge is 0.231 e. The Morgan fingerprint density at radius 2 is 1.80 bits per heavy atom. The van der Waals surface area contributed by atoms with Gasteiger partial charge in [-0.1, -0.05) is 47.6 Å². The number of hydrogen-bond acceptors (Lipinski definition) is 7. The van der Waals surface area contributed by atoms with E-state index >= 15 is 0 Å². The van der Waals surface area contributed by atoms with Gasteiger partial charge < -0.3 is 9.05 Å². The first kappa shape index (κ1) is 16.0. The molecular formula is C18H21N5O2. The summed E-state index contributed by atoms with van der Waals surface area (Å²) in [6.45, 7) is 6.91. The van der Waals surface area contributed by atoms with E-state index in [0.717, 1.165) is 19.6 Å². The molecule has 2 atom stereocenters. The van der Waals surface area contributed by atoms with Gasteiger partial charge >= 0.3 is 0 Å². The first-order chi connectivity index (χ1) is 12.2. The number of likely N-dealkylation sites (tertiary alicyclic amines) is 1. The zero-order valence-electron chi connectivity index (χ0n) is 14.4. The molecule has 1 aliphatic rings. The number of aromatic nitrogens is 4. The monoisotopic (exact) mass is 339 g/mol. The van der Waals surface area contributed by atoms with Crippen LogP contribution in [0.3, 0.4) is 0 Å². The first-order valence-corrected chi connectivity index (χ1v) is 8.55. The minimum Gasteiger partial charge on any atom is -0.340 e. The van der Waals surface area contributed by atoms with E-state index in [1.807, 2.05) is 6.07 Å². The summed E-state index contributed by atoms with van der Waals surface area (Å²) in [7, 11) is 0. The maximum absolute atomic E-state index is 5.52. The Hall–Kier alpha value is -2.54. The molecule has 0 radical (unpaired) electrons. The van der Waals surface area contributed by atoms with Gasteiger partial charge in [-0.15, -0.1) is 0 Å². The van der Waals surface area contributed by atoms with Gasteiger partial charge in [0.15, 0.2) is 11.6 Å². The summed E-state index contributed by atoms with van der Waals surface area (Å²) in [5, 5.41) is 7.96. The van der Waals surface area contributed by atoms with E-state index < -0.39 is 0 Å². The second-order valence-corrected chi connectivity index (χ2v) is 6.72. The Morgan fingerprint density at radius 3 is 2.56 bits per heavy atom. The molecule has 0 amide bonds. The summed E-state index contributed by atoms with van der Waals surface area (Å²) in [6.07, 6.45) is 0.426. The highest BCUT2D eigenvalue weighted by Crippen LogP contribution is 2.32. The fourth-order valence-corrected chi connectivity index (χ4v) is 3.40. The van der Waals surface area contributed by atoms with Crippen LogP contribution in [0, 0.1) is 12.8 Å². The summed E-state index contributed by atoms with van der Waals surface area (Å²) < 4.78 is 10.5. The molecular weight excluding hydrogens is 318 g/mol. The maximum Gasteiger partial charge on any atom is 0.231 e. The third kappa shape index (κ3) is 3.61. The summed E-state index contributed by atoms with van der Waals surface area (Å²) in [5.41, 5.74) is 1.33. The Morgan fingerprint density at radius 1 is 1.04 bits per heavy atom. The molecule has 0 unspecified atom stereocenters. The largest absolute Gasteiger partial charge is 0.340 e. The molecule has 1 aliphatic heterocycles. The highest BCUT2D eigenvalue weighted by atomic mass is 16.5. The fraction of sp³-hybridized carbons (Fsp3) is 0.444. The topological polar surface area (TPSA) is 81.1 Å². The molecule has 0 spiro atoms. The van der Waals surface area contributed by atoms with Crippen molar-refractivity contribution in [1.29, 1.82) is 0 Å². The molecule has 1 aromatic carbocycles. The zero-order valence-corrected chi connectivity index (χ0v) is 14.4. The van der Waals surface area contributed by atoms with E-state index in [1.165, 1.54) is 5.56 Å². The average molecular weight is 339 g/mol. The molecule has 4 rings (SSSR count). The number of rotatable bonds is 5. The number of benzene rings is 1. The molecule has 0 N–H and O–H groups in total. The van der Waals surface area contributed by atoms with E-state index in [0.29, 0.717) is 35.8 Å². The van der Waals surface area contributed by atoms with Gasteiger partial charge in [-0.2, -0.15) is 9.97 Å². The van der Waals surface area contributed by atoms with Crippen LogP contribution in [0.1, 0.15) is 41.8 Å². The fourth-order valence-electron chi connectivity index (χ4n) is 3.40. The van der Waals surface area contributed by atoms with Crippen molar-refractivity contribution in [1.82, 2.24) is 25.2 Å². The molecule has 25 heavy (non-hydrogen) atoms. The predicted molar refractivity (Wildman–Crippen MR) is 89.8 cm³/mol. The molecule has 1 saturated heterocycles. The van der Waals surface area contributed by atoms with Gasteiger partial charge in [0.05, 0.1) is 12.3 Å². The predicted octanol–water partition coefficient (Wildman–Crippen LogP) is 2.59. The number of hydrogen-bond donors (Lipinski definition) is 0. The van der Waals surface area contributed by atoms with Crippen LogP contribution in [0.5, 0.6) is 0 Å². The van der Waals surface area contributed by atoms with E-state index in [-0.39, 0.29) is 5.92 Å². The lowest BCUT2D eigenvalue weighted by Gasteiger charge is -2.15. The van der Waals surface area contributed by atoms with E-state index in [4.69, 9.17) is 9.05 Å². The second kappa shape index (κ2) is 6.76. The van der Waals surface area contributed by atoms with Crippen molar-refractivity contribution in [3.8, 4) is 0 Å². The van der Waals surface area contributed by atoms with Crippen LogP contribution in [-0.4, -0.2) is 38.3 Å². The lowest BCUT2D eigenvalue weighted by atomic mass is 9.98. The summed E-state index contributed by atoms with van der Waals surface area (Å²) in [6, 6.07) is 10.5. The number of aryl methyl sites for hydroxylation is 1. The summed E-state index contributed by atoms with van der Waals surface area (Å²) in [5.74, 6) is 3.17. The molecule has 3 aromatic rings. The minimum atomic E-state index is 0.261. The Balaban J connectivity index is 1.41. The molecule has 7 nitrogen and oxygen atoms in total. The standard InChI is InChI=1S/C18H21N5O2/c1-12-9-23(10-14-6-4-3-5-7-14)11-15(12)18-20-17(22-25-18)8-16-19-13(2)24-21-16/h3-7,12,15H,8-11H2,1-2H3/t12-,15-/m1/s1. The molecule has 0 aliphatic carbocycles. The van der Waals surface area contributed by atoms with Crippen LogP contribution in [0.4, 0.5) is 0 Å². The molecule has 130 valence electrons. The lowest BCUT2D eigenvalue weighted by Crippen LogP contribution is -2.20. The second-order valence-electron chi connectivity index (χ2n) is 6.72. The maximum atomic E-state index is 5.52. The van der Waals surface area contributed by atoms with Crippen molar-refractivity contribution in [2.75, 3.05) is 13.1 Å². The van der Waals surface area contributed by atoms with Gasteiger partial charge in [0.2, 0.25) is 11.8 Å². The highest BCUT2D eigenvalue weighted by molar-refractivity contribution is 5.15. The molecule has 3 heterocycles.